The van der Waals surface area contributed by atoms with E-state index in [1.807, 2.05) is 0 Å². The first kappa shape index (κ1) is 32.9. The minimum Gasteiger partial charge on any atom is -0.395 e. The molecule has 13 heteroatoms. The van der Waals surface area contributed by atoms with Crippen LogP contribution in [0.3, 0.4) is 0 Å². The van der Waals surface area contributed by atoms with Crippen LogP contribution in [0.15, 0.2) is 36.4 Å². The number of alkyl halides is 6. The maximum absolute atomic E-state index is 13.9. The van der Waals surface area contributed by atoms with E-state index in [4.69, 9.17) is 0 Å². The number of benzene rings is 2. The van der Waals surface area contributed by atoms with Gasteiger partial charge in [0.1, 0.15) is 5.82 Å². The molecule has 0 radical (unpaired) electrons. The predicted octanol–water partition coefficient (Wildman–Crippen LogP) is 7.03. The van der Waals surface area contributed by atoms with Crippen LogP contribution in [0.25, 0.3) is 0 Å². The molecule has 0 aliphatic carbocycles. The number of nitrogens with zero attached hydrogens (tertiary/aromatic N) is 2. The van der Waals surface area contributed by atoms with Crippen LogP contribution in [0.1, 0.15) is 72.5 Å². The molecule has 2 aromatic rings. The van der Waals surface area contributed by atoms with Crippen molar-refractivity contribution in [3.8, 4) is 0 Å². The Kier molecular flexibility index (Phi) is 9.61. The number of piperidine rings is 1. The summed E-state index contributed by atoms with van der Waals surface area (Å²) in [4.78, 5) is 16.5. The zero-order valence-corrected chi connectivity index (χ0v) is 23.6. The Hall–Kier alpha value is -2.57. The van der Waals surface area contributed by atoms with Gasteiger partial charge in [0.05, 0.1) is 29.8 Å². The number of urea groups is 1. The molecular formula is C28H33ClF7N3O2. The number of carbonyl (C=O) groups excluding carboxylic acids is 1. The summed E-state index contributed by atoms with van der Waals surface area (Å²) in [6.07, 6.45) is -7.53. The molecule has 2 saturated heterocycles. The number of rotatable bonds is 4. The molecule has 2 aliphatic rings. The van der Waals surface area contributed by atoms with E-state index in [2.05, 4.69) is 5.32 Å². The van der Waals surface area contributed by atoms with Crippen molar-refractivity contribution < 1.29 is 40.6 Å². The van der Waals surface area contributed by atoms with E-state index in [-0.39, 0.29) is 48.8 Å². The van der Waals surface area contributed by atoms with E-state index < -0.39 is 47.4 Å². The first-order valence-corrected chi connectivity index (χ1v) is 13.0. The van der Waals surface area contributed by atoms with Gasteiger partial charge >= 0.3 is 18.4 Å². The third-order valence-electron chi connectivity index (χ3n) is 8.31. The first-order chi connectivity index (χ1) is 18.5. The predicted molar refractivity (Wildman–Crippen MR) is 141 cm³/mol. The first-order valence-electron chi connectivity index (χ1n) is 13.0. The molecule has 4 atom stereocenters. The molecule has 41 heavy (non-hydrogen) atoms. The average Bonchev–Trinajstić information content (AvgIpc) is 3.28. The second kappa shape index (κ2) is 12.0. The fourth-order valence-corrected chi connectivity index (χ4v) is 5.93. The van der Waals surface area contributed by atoms with E-state index >= 15 is 0 Å². The highest BCUT2D eigenvalue weighted by molar-refractivity contribution is 5.85. The van der Waals surface area contributed by atoms with Gasteiger partial charge in [0.25, 0.3) is 0 Å². The molecule has 1 spiro atoms. The van der Waals surface area contributed by atoms with Crippen molar-refractivity contribution in [2.75, 3.05) is 20.2 Å². The monoisotopic (exact) mass is 611 g/mol. The Bertz CT molecular complexity index is 1220. The van der Waals surface area contributed by atoms with Crippen LogP contribution in [-0.4, -0.2) is 52.7 Å². The van der Waals surface area contributed by atoms with Gasteiger partial charge in [0.2, 0.25) is 0 Å². The molecule has 0 saturated carbocycles. The van der Waals surface area contributed by atoms with Crippen molar-refractivity contribution in [1.29, 1.82) is 0 Å². The Balaban J connectivity index is 0.00000462. The fraction of sp³-hybridized carbons (Fsp3) is 0.536. The Labute approximate surface area is 240 Å². The van der Waals surface area contributed by atoms with Gasteiger partial charge < -0.3 is 20.2 Å². The minimum atomic E-state index is -5.01. The molecule has 2 aromatic carbocycles. The fourth-order valence-electron chi connectivity index (χ4n) is 5.93. The van der Waals surface area contributed by atoms with Gasteiger partial charge in [-0.15, -0.1) is 12.4 Å². The smallest absolute Gasteiger partial charge is 0.395 e. The van der Waals surface area contributed by atoms with Gasteiger partial charge in [-0.2, -0.15) is 26.3 Å². The van der Waals surface area contributed by atoms with E-state index in [9.17, 15) is 40.6 Å². The number of aryl methyl sites for hydroxylation is 1. The molecule has 2 fully saturated rings. The normalized spacial score (nSPS) is 23.8. The number of amides is 2. The molecule has 0 aromatic heterocycles. The number of nitrogens with one attached hydrogen (secondary N) is 1. The number of likely N-dealkylation sites (tertiary alicyclic amines) is 1. The summed E-state index contributed by atoms with van der Waals surface area (Å²) in [5.74, 6) is -0.445. The summed E-state index contributed by atoms with van der Waals surface area (Å²) in [5, 5.41) is 13.1. The van der Waals surface area contributed by atoms with Crippen LogP contribution in [0, 0.1) is 12.7 Å². The molecule has 2 N–H and O–H groups in total. The second-order valence-corrected chi connectivity index (χ2v) is 10.9. The Morgan fingerprint density at radius 2 is 1.71 bits per heavy atom. The number of aliphatic hydroxyl groups is 1. The highest BCUT2D eigenvalue weighted by Crippen LogP contribution is 2.44. The van der Waals surface area contributed by atoms with Crippen molar-refractivity contribution in [3.63, 3.8) is 0 Å². The quantitative estimate of drug-likeness (QED) is 0.365. The number of carbonyl (C=O) groups is 1. The molecule has 2 aliphatic heterocycles. The lowest BCUT2D eigenvalue weighted by Gasteiger charge is -2.47. The standard InChI is InChI=1S/C28H32F7N3O2.ClH/c1-16-10-21(29)4-5-23(16)24-14-26(7-6-22(15-39)36-26)8-9-38(24)25(40)37(3)17(2)18-11-19(27(30,31)32)13-20(12-18)28(33,34)35;/h4-5,10-13,17,22,24,36,39H,6-9,14-15H2,1-3H3;1H/t17-,22+,24-,26+;/m1./s1. The summed E-state index contributed by atoms with van der Waals surface area (Å²) < 4.78 is 94.6. The maximum Gasteiger partial charge on any atom is 0.416 e. The summed E-state index contributed by atoms with van der Waals surface area (Å²) >= 11 is 0. The van der Waals surface area contributed by atoms with Gasteiger partial charge in [-0.25, -0.2) is 9.18 Å². The Morgan fingerprint density at radius 1 is 1.10 bits per heavy atom. The Morgan fingerprint density at radius 3 is 2.22 bits per heavy atom. The third-order valence-corrected chi connectivity index (χ3v) is 8.31. The minimum absolute atomic E-state index is 0. The number of hydrogen-bond acceptors (Lipinski definition) is 3. The maximum atomic E-state index is 13.9. The average molecular weight is 612 g/mol. The van der Waals surface area contributed by atoms with Crippen LogP contribution >= 0.6 is 12.4 Å². The van der Waals surface area contributed by atoms with E-state index in [0.717, 1.165) is 17.7 Å². The van der Waals surface area contributed by atoms with Crippen molar-refractivity contribution in [2.45, 2.75) is 75.5 Å². The third kappa shape index (κ3) is 6.91. The van der Waals surface area contributed by atoms with Crippen molar-refractivity contribution >= 4 is 18.4 Å². The summed E-state index contributed by atoms with van der Waals surface area (Å²) in [6, 6.07) is 3.25. The van der Waals surface area contributed by atoms with Gasteiger partial charge in [-0.05, 0) is 86.6 Å². The molecule has 4 rings (SSSR count). The number of aliphatic hydroxyl groups excluding tert-OH is 1. The van der Waals surface area contributed by atoms with Crippen LogP contribution in [0.2, 0.25) is 0 Å². The molecule has 5 nitrogen and oxygen atoms in total. The van der Waals surface area contributed by atoms with Gasteiger partial charge in [-0.3, -0.25) is 0 Å². The molecule has 228 valence electrons. The molecule has 2 heterocycles. The van der Waals surface area contributed by atoms with Crippen LogP contribution in [0.5, 0.6) is 0 Å². The lowest BCUT2D eigenvalue weighted by Crippen LogP contribution is -2.56. The van der Waals surface area contributed by atoms with Gasteiger partial charge in [0, 0.05) is 25.2 Å². The van der Waals surface area contributed by atoms with Crippen molar-refractivity contribution in [3.05, 3.63) is 70.0 Å². The van der Waals surface area contributed by atoms with Gasteiger partial charge in [-0.1, -0.05) is 6.07 Å². The van der Waals surface area contributed by atoms with Crippen molar-refractivity contribution in [1.82, 2.24) is 15.1 Å². The van der Waals surface area contributed by atoms with E-state index in [1.165, 1.54) is 26.1 Å². The lowest BCUT2D eigenvalue weighted by molar-refractivity contribution is -0.143. The van der Waals surface area contributed by atoms with E-state index in [1.54, 1.807) is 17.9 Å². The number of hydrogen-bond donors (Lipinski definition) is 2. The van der Waals surface area contributed by atoms with Crippen LogP contribution < -0.4 is 5.32 Å². The zero-order chi connectivity index (χ0) is 29.6. The topological polar surface area (TPSA) is 55.8 Å². The molecule has 0 bridgehead atoms. The second-order valence-electron chi connectivity index (χ2n) is 10.9. The molecule has 2 amide bonds. The number of halogens is 8. The largest absolute Gasteiger partial charge is 0.416 e. The SMILES string of the molecule is Cc1cc(F)ccc1[C@H]1C[C@]2(CC[C@@H](CO)N2)CCN1C(=O)N(C)[C@H](C)c1cc(C(F)(F)F)cc(C(F)(F)F)c1.Cl. The molecular weight excluding hydrogens is 579 g/mol. The molecule has 0 unspecified atom stereocenters. The summed E-state index contributed by atoms with van der Waals surface area (Å²) in [5.41, 5.74) is -2.26. The van der Waals surface area contributed by atoms with Crippen LogP contribution in [0.4, 0.5) is 35.5 Å². The zero-order valence-electron chi connectivity index (χ0n) is 22.7. The highest BCUT2D eigenvalue weighted by atomic mass is 35.5. The highest BCUT2D eigenvalue weighted by Gasteiger charge is 2.47. The van der Waals surface area contributed by atoms with Crippen LogP contribution in [-0.2, 0) is 12.4 Å². The van der Waals surface area contributed by atoms with Gasteiger partial charge in [0.15, 0.2) is 0 Å². The summed E-state index contributed by atoms with van der Waals surface area (Å²) in [6.45, 7) is 3.30. The van der Waals surface area contributed by atoms with E-state index in [0.29, 0.717) is 36.1 Å². The summed E-state index contributed by atoms with van der Waals surface area (Å²) in [7, 11) is 1.34. The lowest BCUT2D eigenvalue weighted by atomic mass is 9.79. The van der Waals surface area contributed by atoms with Crippen molar-refractivity contribution in [2.24, 2.45) is 0 Å².